The highest BCUT2D eigenvalue weighted by Crippen LogP contribution is 2.32. The van der Waals surface area contributed by atoms with E-state index < -0.39 is 0 Å². The van der Waals surface area contributed by atoms with Crippen LogP contribution in [0.4, 0.5) is 11.6 Å². The highest BCUT2D eigenvalue weighted by molar-refractivity contribution is 5.79. The first-order valence-electron chi connectivity index (χ1n) is 9.69. The number of rotatable bonds is 5. The van der Waals surface area contributed by atoms with Gasteiger partial charge in [0.05, 0.1) is 36.6 Å². The normalized spacial score (nSPS) is 11.1. The molecule has 1 aromatic carbocycles. The predicted molar refractivity (Wildman–Crippen MR) is 118 cm³/mol. The second-order valence-electron chi connectivity index (χ2n) is 7.08. The molecule has 4 aromatic heterocycles. The van der Waals surface area contributed by atoms with Crippen molar-refractivity contribution in [2.24, 2.45) is 7.05 Å². The van der Waals surface area contributed by atoms with Gasteiger partial charge in [-0.3, -0.25) is 5.10 Å². The summed E-state index contributed by atoms with van der Waals surface area (Å²) in [7, 11) is 3.63. The molecule has 0 bridgehead atoms. The highest BCUT2D eigenvalue weighted by Gasteiger charge is 2.12. The SMILES string of the molecule is COc1cc(-c2cnc(C)n2C)ccc1Nc1ncc2ccc(-c3cn[nH]c3)nc2n1. The number of aryl methyl sites for hydroxylation is 1. The second-order valence-corrected chi connectivity index (χ2v) is 7.08. The zero-order valence-corrected chi connectivity index (χ0v) is 17.3. The molecule has 154 valence electrons. The number of hydrogen-bond acceptors (Lipinski definition) is 7. The summed E-state index contributed by atoms with van der Waals surface area (Å²) in [5.41, 5.74) is 5.07. The quantitative estimate of drug-likeness (QED) is 0.451. The molecule has 0 aliphatic heterocycles. The Balaban J connectivity index is 1.48. The minimum absolute atomic E-state index is 0.437. The molecule has 0 unspecified atom stereocenters. The van der Waals surface area contributed by atoms with E-state index in [9.17, 15) is 0 Å². The number of hydrogen-bond donors (Lipinski definition) is 2. The van der Waals surface area contributed by atoms with Crippen LogP contribution in [0.3, 0.4) is 0 Å². The lowest BCUT2D eigenvalue weighted by atomic mass is 10.1. The van der Waals surface area contributed by atoms with Crippen molar-refractivity contribution in [1.82, 2.24) is 34.7 Å². The first-order valence-corrected chi connectivity index (χ1v) is 9.69. The van der Waals surface area contributed by atoms with Crippen molar-refractivity contribution < 1.29 is 4.74 Å². The molecular formula is C22H20N8O. The molecule has 0 spiro atoms. The zero-order valence-electron chi connectivity index (χ0n) is 17.3. The highest BCUT2D eigenvalue weighted by atomic mass is 16.5. The minimum Gasteiger partial charge on any atom is -0.495 e. The van der Waals surface area contributed by atoms with Gasteiger partial charge in [0.1, 0.15) is 11.6 Å². The van der Waals surface area contributed by atoms with Gasteiger partial charge in [-0.2, -0.15) is 10.1 Å². The van der Waals surface area contributed by atoms with Gasteiger partial charge in [-0.05, 0) is 31.2 Å². The van der Waals surface area contributed by atoms with E-state index in [1.807, 2.05) is 55.1 Å². The summed E-state index contributed by atoms with van der Waals surface area (Å²) in [6, 6.07) is 9.79. The summed E-state index contributed by atoms with van der Waals surface area (Å²) in [5, 5.41) is 10.9. The number of aromatic nitrogens is 7. The second kappa shape index (κ2) is 7.52. The van der Waals surface area contributed by atoms with Crippen molar-refractivity contribution in [3.8, 4) is 28.3 Å². The lowest BCUT2D eigenvalue weighted by Crippen LogP contribution is -2.01. The Labute approximate surface area is 178 Å². The maximum absolute atomic E-state index is 5.61. The Bertz CT molecular complexity index is 1370. The Morgan fingerprint density at radius 3 is 2.65 bits per heavy atom. The zero-order chi connectivity index (χ0) is 21.4. The van der Waals surface area contributed by atoms with Crippen LogP contribution in [0, 0.1) is 6.92 Å². The van der Waals surface area contributed by atoms with Gasteiger partial charge in [0.2, 0.25) is 5.95 Å². The molecule has 0 amide bonds. The Hall–Kier alpha value is -4.27. The van der Waals surface area contributed by atoms with Crippen molar-refractivity contribution in [3.05, 3.63) is 60.9 Å². The van der Waals surface area contributed by atoms with Gasteiger partial charge in [-0.15, -0.1) is 0 Å². The maximum atomic E-state index is 5.61. The van der Waals surface area contributed by atoms with E-state index in [0.29, 0.717) is 17.3 Å². The van der Waals surface area contributed by atoms with Gasteiger partial charge in [0.25, 0.3) is 0 Å². The van der Waals surface area contributed by atoms with E-state index in [2.05, 4.69) is 35.5 Å². The van der Waals surface area contributed by atoms with Gasteiger partial charge in [0, 0.05) is 36.0 Å². The number of nitrogens with zero attached hydrogens (tertiary/aromatic N) is 6. The van der Waals surface area contributed by atoms with Gasteiger partial charge < -0.3 is 14.6 Å². The van der Waals surface area contributed by atoms with E-state index in [-0.39, 0.29) is 0 Å². The fourth-order valence-electron chi connectivity index (χ4n) is 3.37. The summed E-state index contributed by atoms with van der Waals surface area (Å²) in [5.74, 6) is 2.06. The number of methoxy groups -OCH3 is 1. The number of nitrogens with one attached hydrogen (secondary N) is 2. The van der Waals surface area contributed by atoms with Gasteiger partial charge >= 0.3 is 0 Å². The molecule has 0 radical (unpaired) electrons. The van der Waals surface area contributed by atoms with E-state index >= 15 is 0 Å². The van der Waals surface area contributed by atoms with Crippen LogP contribution in [-0.4, -0.2) is 41.8 Å². The molecule has 0 aliphatic rings. The van der Waals surface area contributed by atoms with Crippen LogP contribution in [0.1, 0.15) is 5.82 Å². The molecular weight excluding hydrogens is 392 g/mol. The summed E-state index contributed by atoms with van der Waals surface area (Å²) >= 11 is 0. The number of ether oxygens (including phenoxy) is 1. The first-order chi connectivity index (χ1) is 15.1. The molecule has 5 rings (SSSR count). The van der Waals surface area contributed by atoms with Gasteiger partial charge in [-0.25, -0.2) is 15.0 Å². The van der Waals surface area contributed by atoms with Crippen molar-refractivity contribution in [3.63, 3.8) is 0 Å². The van der Waals surface area contributed by atoms with Crippen LogP contribution in [-0.2, 0) is 7.05 Å². The molecule has 31 heavy (non-hydrogen) atoms. The summed E-state index contributed by atoms with van der Waals surface area (Å²) in [6.45, 7) is 1.97. The van der Waals surface area contributed by atoms with Crippen LogP contribution in [0.5, 0.6) is 5.75 Å². The number of pyridine rings is 1. The van der Waals surface area contributed by atoms with E-state index in [4.69, 9.17) is 4.74 Å². The molecule has 0 fully saturated rings. The standard InChI is InChI=1S/C22H20N8O/c1-13-23-12-19(30(13)2)14-4-7-18(20(8-14)31-3)28-22-24-9-15-5-6-17(27-21(15)29-22)16-10-25-26-11-16/h4-12H,1-3H3,(H,25,26)(H,24,27,28,29). The van der Waals surface area contributed by atoms with Gasteiger partial charge in [0.15, 0.2) is 5.65 Å². The van der Waals surface area contributed by atoms with Crippen molar-refractivity contribution in [2.75, 3.05) is 12.4 Å². The lowest BCUT2D eigenvalue weighted by molar-refractivity contribution is 0.417. The smallest absolute Gasteiger partial charge is 0.229 e. The van der Waals surface area contributed by atoms with E-state index in [0.717, 1.165) is 39.4 Å². The van der Waals surface area contributed by atoms with Crippen LogP contribution in [0.25, 0.3) is 33.5 Å². The van der Waals surface area contributed by atoms with Crippen molar-refractivity contribution in [2.45, 2.75) is 6.92 Å². The fraction of sp³-hybridized carbons (Fsp3) is 0.136. The Morgan fingerprint density at radius 1 is 1.00 bits per heavy atom. The van der Waals surface area contributed by atoms with E-state index in [1.54, 1.807) is 25.7 Å². The van der Waals surface area contributed by atoms with Crippen molar-refractivity contribution >= 4 is 22.7 Å². The summed E-state index contributed by atoms with van der Waals surface area (Å²) < 4.78 is 7.65. The maximum Gasteiger partial charge on any atom is 0.229 e. The number of imidazole rings is 1. The monoisotopic (exact) mass is 412 g/mol. The van der Waals surface area contributed by atoms with Crippen LogP contribution >= 0.6 is 0 Å². The number of aromatic amines is 1. The lowest BCUT2D eigenvalue weighted by Gasteiger charge is -2.12. The summed E-state index contributed by atoms with van der Waals surface area (Å²) in [6.07, 6.45) is 7.12. The minimum atomic E-state index is 0.437. The fourth-order valence-corrected chi connectivity index (χ4v) is 3.37. The Kier molecular flexibility index (Phi) is 4.55. The molecule has 0 aliphatic carbocycles. The van der Waals surface area contributed by atoms with Crippen LogP contribution in [0.15, 0.2) is 55.1 Å². The molecule has 4 heterocycles. The van der Waals surface area contributed by atoms with Crippen LogP contribution in [0.2, 0.25) is 0 Å². The topological polar surface area (TPSA) is 106 Å². The number of anilines is 2. The predicted octanol–water partition coefficient (Wildman–Crippen LogP) is 3.88. The molecule has 9 nitrogen and oxygen atoms in total. The molecule has 0 saturated carbocycles. The average Bonchev–Trinajstić information content (AvgIpc) is 3.44. The number of H-pyrrole nitrogens is 1. The molecule has 0 saturated heterocycles. The molecule has 5 aromatic rings. The third-order valence-electron chi connectivity index (χ3n) is 5.20. The third kappa shape index (κ3) is 3.46. The van der Waals surface area contributed by atoms with Crippen molar-refractivity contribution in [1.29, 1.82) is 0 Å². The molecule has 0 atom stereocenters. The van der Waals surface area contributed by atoms with E-state index in [1.165, 1.54) is 0 Å². The number of benzene rings is 1. The molecule has 2 N–H and O–H groups in total. The van der Waals surface area contributed by atoms with Crippen LogP contribution < -0.4 is 10.1 Å². The first kappa shape index (κ1) is 18.7. The summed E-state index contributed by atoms with van der Waals surface area (Å²) in [4.78, 5) is 18.0. The Morgan fingerprint density at radius 2 is 1.90 bits per heavy atom. The molecule has 9 heteroatoms. The average molecular weight is 412 g/mol. The largest absolute Gasteiger partial charge is 0.495 e. The third-order valence-corrected chi connectivity index (χ3v) is 5.20. The van der Waals surface area contributed by atoms with Gasteiger partial charge in [-0.1, -0.05) is 6.07 Å². The number of fused-ring (bicyclic) bond motifs is 1.